The number of fused-ring (bicyclic) bond motifs is 4. The second-order valence-electron chi connectivity index (χ2n) is 8.34. The number of aromatic hydroxyl groups is 1. The first-order chi connectivity index (χ1) is 14.9. The van der Waals surface area contributed by atoms with Crippen molar-refractivity contribution in [3.63, 3.8) is 0 Å². The maximum absolute atomic E-state index is 12.4. The van der Waals surface area contributed by atoms with Crippen LogP contribution in [0.25, 0.3) is 22.2 Å². The van der Waals surface area contributed by atoms with Gasteiger partial charge in [0.15, 0.2) is 5.56 Å². The number of hydrogen-bond donors (Lipinski definition) is 4. The number of aromatic carboxylic acids is 1. The number of hydrogen-bond acceptors (Lipinski definition) is 4. The molecule has 1 aliphatic carbocycles. The minimum Gasteiger partial charge on any atom is -0.506 e. The van der Waals surface area contributed by atoms with Gasteiger partial charge in [0.25, 0.3) is 5.56 Å². The molecule has 8 heteroatoms. The normalized spacial score (nSPS) is 12.7. The number of benzene rings is 1. The van der Waals surface area contributed by atoms with Gasteiger partial charge in [-0.15, -0.1) is 12.4 Å². The number of aryl methyl sites for hydroxylation is 2. The summed E-state index contributed by atoms with van der Waals surface area (Å²) in [6, 6.07) is 6.35. The Balaban J connectivity index is 0.00000289. The summed E-state index contributed by atoms with van der Waals surface area (Å²) < 4.78 is 2.20. The SMILES string of the molecule is CCCCCNCc1cc2cc3c(cc2n1C)CCCc1c-3[nH]c(=O)c(C(=O)O)c1O.Cl. The van der Waals surface area contributed by atoms with Crippen molar-refractivity contribution in [3.8, 4) is 17.0 Å². The number of halogens is 1. The lowest BCUT2D eigenvalue weighted by Gasteiger charge is -2.13. The van der Waals surface area contributed by atoms with E-state index in [0.717, 1.165) is 48.0 Å². The fourth-order valence-corrected chi connectivity index (χ4v) is 4.57. The summed E-state index contributed by atoms with van der Waals surface area (Å²) in [6.07, 6.45) is 5.66. The molecule has 2 heterocycles. The Labute approximate surface area is 192 Å². The van der Waals surface area contributed by atoms with E-state index in [4.69, 9.17) is 0 Å². The maximum Gasteiger partial charge on any atom is 0.345 e. The van der Waals surface area contributed by atoms with Crippen LogP contribution in [0, 0.1) is 0 Å². The zero-order valence-electron chi connectivity index (χ0n) is 18.5. The number of nitrogens with one attached hydrogen (secondary N) is 2. The van der Waals surface area contributed by atoms with Crippen LogP contribution in [-0.4, -0.2) is 32.3 Å². The molecule has 0 aliphatic heterocycles. The summed E-state index contributed by atoms with van der Waals surface area (Å²) in [6.45, 7) is 3.98. The van der Waals surface area contributed by atoms with E-state index in [-0.39, 0.29) is 12.4 Å². The van der Waals surface area contributed by atoms with Crippen LogP contribution in [0.15, 0.2) is 23.0 Å². The van der Waals surface area contributed by atoms with Gasteiger partial charge in [-0.3, -0.25) is 4.79 Å². The van der Waals surface area contributed by atoms with Crippen molar-refractivity contribution in [2.45, 2.75) is 52.0 Å². The number of aromatic amines is 1. The molecule has 0 spiro atoms. The largest absolute Gasteiger partial charge is 0.506 e. The summed E-state index contributed by atoms with van der Waals surface area (Å²) in [4.78, 5) is 26.6. The van der Waals surface area contributed by atoms with Crippen LogP contribution < -0.4 is 10.9 Å². The highest BCUT2D eigenvalue weighted by molar-refractivity contribution is 5.93. The molecule has 3 aromatic rings. The van der Waals surface area contributed by atoms with Gasteiger partial charge in [0.05, 0.1) is 5.69 Å². The minimum absolute atomic E-state index is 0. The third-order valence-corrected chi connectivity index (χ3v) is 6.28. The zero-order chi connectivity index (χ0) is 22.1. The van der Waals surface area contributed by atoms with Gasteiger partial charge in [-0.1, -0.05) is 19.8 Å². The second-order valence-corrected chi connectivity index (χ2v) is 8.34. The Bertz CT molecular complexity index is 1210. The summed E-state index contributed by atoms with van der Waals surface area (Å²) in [5.74, 6) is -1.83. The predicted molar refractivity (Wildman–Crippen MR) is 128 cm³/mol. The summed E-state index contributed by atoms with van der Waals surface area (Å²) in [5, 5.41) is 24.4. The third-order valence-electron chi connectivity index (χ3n) is 6.28. The number of H-pyrrole nitrogens is 1. The topological polar surface area (TPSA) is 107 Å². The van der Waals surface area contributed by atoms with Crippen LogP contribution >= 0.6 is 12.4 Å². The van der Waals surface area contributed by atoms with E-state index in [1.165, 1.54) is 25.0 Å². The minimum atomic E-state index is -1.42. The lowest BCUT2D eigenvalue weighted by Crippen LogP contribution is -2.20. The van der Waals surface area contributed by atoms with Crippen LogP contribution in [0.2, 0.25) is 0 Å². The van der Waals surface area contributed by atoms with Crippen molar-refractivity contribution < 1.29 is 15.0 Å². The molecule has 0 atom stereocenters. The van der Waals surface area contributed by atoms with Crippen LogP contribution in [0.1, 0.15) is 59.8 Å². The van der Waals surface area contributed by atoms with Crippen molar-refractivity contribution in [1.29, 1.82) is 0 Å². The molecular formula is C24H30ClN3O4. The van der Waals surface area contributed by atoms with E-state index in [1.54, 1.807) is 0 Å². The first-order valence-electron chi connectivity index (χ1n) is 11.0. The van der Waals surface area contributed by atoms with Crippen molar-refractivity contribution >= 4 is 29.3 Å². The first kappa shape index (κ1) is 23.9. The number of rotatable bonds is 7. The molecule has 1 aliphatic rings. The number of unbranched alkanes of at least 4 members (excludes halogenated alkanes) is 2. The van der Waals surface area contributed by atoms with Gasteiger partial charge >= 0.3 is 5.97 Å². The van der Waals surface area contributed by atoms with Crippen molar-refractivity contribution in [1.82, 2.24) is 14.9 Å². The van der Waals surface area contributed by atoms with E-state index in [2.05, 4.69) is 41.0 Å². The first-order valence-corrected chi connectivity index (χ1v) is 11.0. The van der Waals surface area contributed by atoms with E-state index < -0.39 is 22.8 Å². The summed E-state index contributed by atoms with van der Waals surface area (Å²) >= 11 is 0. The average molecular weight is 460 g/mol. The Morgan fingerprint density at radius 1 is 1.22 bits per heavy atom. The molecule has 0 unspecified atom stereocenters. The van der Waals surface area contributed by atoms with Gasteiger partial charge in [0, 0.05) is 41.3 Å². The predicted octanol–water partition coefficient (Wildman–Crippen LogP) is 4.13. The van der Waals surface area contributed by atoms with Gasteiger partial charge in [0.1, 0.15) is 5.75 Å². The zero-order valence-corrected chi connectivity index (χ0v) is 19.3. The third kappa shape index (κ3) is 4.27. The Morgan fingerprint density at radius 3 is 2.72 bits per heavy atom. The average Bonchev–Trinajstić information content (AvgIpc) is 2.91. The van der Waals surface area contributed by atoms with Crippen molar-refractivity contribution in [2.24, 2.45) is 7.05 Å². The number of nitrogens with zero attached hydrogens (tertiary/aromatic N) is 1. The number of carboxylic acids is 1. The van der Waals surface area contributed by atoms with E-state index in [0.29, 0.717) is 17.7 Å². The van der Waals surface area contributed by atoms with Crippen molar-refractivity contribution in [3.05, 3.63) is 50.9 Å². The molecule has 4 rings (SSSR count). The van der Waals surface area contributed by atoms with Gasteiger partial charge in [-0.25, -0.2) is 4.79 Å². The highest BCUT2D eigenvalue weighted by atomic mass is 35.5. The van der Waals surface area contributed by atoms with E-state index in [1.807, 2.05) is 6.07 Å². The number of carbonyl (C=O) groups is 1. The Hall–Kier alpha value is -2.77. The quantitative estimate of drug-likeness (QED) is 0.397. The van der Waals surface area contributed by atoms with E-state index >= 15 is 0 Å². The fraction of sp³-hybridized carbons (Fsp3) is 0.417. The highest BCUT2D eigenvalue weighted by Gasteiger charge is 2.26. The molecule has 0 saturated heterocycles. The Kier molecular flexibility index (Phi) is 7.31. The molecule has 0 saturated carbocycles. The molecular weight excluding hydrogens is 430 g/mol. The van der Waals surface area contributed by atoms with Gasteiger partial charge < -0.3 is 25.1 Å². The number of pyridine rings is 1. The summed E-state index contributed by atoms with van der Waals surface area (Å²) in [5.41, 5.74) is 3.94. The van der Waals surface area contributed by atoms with Crippen LogP contribution in [0.3, 0.4) is 0 Å². The highest BCUT2D eigenvalue weighted by Crippen LogP contribution is 2.38. The van der Waals surface area contributed by atoms with Crippen molar-refractivity contribution in [2.75, 3.05) is 6.54 Å². The van der Waals surface area contributed by atoms with Gasteiger partial charge in [0.2, 0.25) is 0 Å². The monoisotopic (exact) mass is 459 g/mol. The molecule has 0 fully saturated rings. The van der Waals surface area contributed by atoms with E-state index in [9.17, 15) is 19.8 Å². The van der Waals surface area contributed by atoms with Gasteiger partial charge in [-0.05, 0) is 56.0 Å². The number of carboxylic acid groups (broad SMARTS) is 1. The molecule has 1 aromatic carbocycles. The lowest BCUT2D eigenvalue weighted by molar-refractivity contribution is 0.0691. The van der Waals surface area contributed by atoms with Crippen LogP contribution in [0.5, 0.6) is 5.75 Å². The standard InChI is InChI=1S/C24H29N3O4.ClH/c1-3-4-5-9-25-13-16-10-15-11-18-14(12-19(15)27(16)2)7-6-8-17-21(18)26-23(29)20(22(17)28)24(30)31;/h10-12,25H,3-9,13H2,1-2H3,(H,30,31)(H2,26,28,29);1H. The van der Waals surface area contributed by atoms with Crippen LogP contribution in [-0.2, 0) is 26.4 Å². The molecule has 32 heavy (non-hydrogen) atoms. The molecule has 172 valence electrons. The maximum atomic E-state index is 12.4. The smallest absolute Gasteiger partial charge is 0.345 e. The second kappa shape index (κ2) is 9.79. The molecule has 0 amide bonds. The molecule has 7 nitrogen and oxygen atoms in total. The molecule has 4 N–H and O–H groups in total. The summed E-state index contributed by atoms with van der Waals surface area (Å²) in [7, 11) is 2.06. The molecule has 0 bridgehead atoms. The molecule has 2 aromatic heterocycles. The van der Waals surface area contributed by atoms with Gasteiger partial charge in [-0.2, -0.15) is 0 Å². The molecule has 0 radical (unpaired) electrons. The fourth-order valence-electron chi connectivity index (χ4n) is 4.57. The lowest BCUT2D eigenvalue weighted by atomic mass is 9.98. The Morgan fingerprint density at radius 2 is 2.00 bits per heavy atom. The number of aromatic nitrogens is 2. The van der Waals surface area contributed by atoms with Crippen LogP contribution in [0.4, 0.5) is 0 Å².